The molecule has 0 aliphatic carbocycles. The van der Waals surface area contributed by atoms with Gasteiger partial charge >= 0.3 is 0 Å². The van der Waals surface area contributed by atoms with Crippen LogP contribution in [0.3, 0.4) is 0 Å². The smallest absolute Gasteiger partial charge is 0.126 e. The third kappa shape index (κ3) is 2.88. The van der Waals surface area contributed by atoms with E-state index in [1.165, 1.54) is 6.07 Å². The van der Waals surface area contributed by atoms with Crippen molar-refractivity contribution in [2.45, 2.75) is 27.2 Å². The average molecular weight is 190 g/mol. The lowest BCUT2D eigenvalue weighted by molar-refractivity contribution is 0.612. The Morgan fingerprint density at radius 2 is 2.07 bits per heavy atom. The zero-order chi connectivity index (χ0) is 10.6. The topological polar surface area (TPSA) is 0 Å². The summed E-state index contributed by atoms with van der Waals surface area (Å²) in [6, 6.07) is 5.04. The van der Waals surface area contributed by atoms with Gasteiger partial charge in [-0.15, -0.1) is 0 Å². The first kappa shape index (κ1) is 10.8. The van der Waals surface area contributed by atoms with Crippen LogP contribution in [-0.2, 0) is 6.42 Å². The predicted molar refractivity (Wildman–Crippen MR) is 57.5 cm³/mol. The van der Waals surface area contributed by atoms with Gasteiger partial charge < -0.3 is 0 Å². The Labute approximate surface area is 85.2 Å². The Bertz CT molecular complexity index is 367. The van der Waals surface area contributed by atoms with E-state index in [1.807, 2.05) is 26.8 Å². The highest BCUT2D eigenvalue weighted by Gasteiger charge is 1.99. The first-order valence-electron chi connectivity index (χ1n) is 4.93. The molecule has 0 saturated carbocycles. The number of hydrogen-bond donors (Lipinski definition) is 0. The van der Waals surface area contributed by atoms with Crippen molar-refractivity contribution in [3.05, 3.63) is 35.1 Å². The van der Waals surface area contributed by atoms with E-state index in [0.717, 1.165) is 11.1 Å². The highest BCUT2D eigenvalue weighted by atomic mass is 19.1. The van der Waals surface area contributed by atoms with Crippen molar-refractivity contribution in [2.24, 2.45) is 5.92 Å². The summed E-state index contributed by atoms with van der Waals surface area (Å²) in [6.07, 6.45) is 0.711. The van der Waals surface area contributed by atoms with Crippen LogP contribution >= 0.6 is 0 Å². The molecule has 0 heterocycles. The van der Waals surface area contributed by atoms with Gasteiger partial charge in [0.05, 0.1) is 0 Å². The molecule has 1 aromatic carbocycles. The maximum Gasteiger partial charge on any atom is 0.126 e. The standard InChI is InChI=1S/C13H15F/c1-4-12-9-11(6-5-10(2)3)7-8-13(12)14/h7-10H,4H2,1-3H3. The van der Waals surface area contributed by atoms with Crippen LogP contribution < -0.4 is 0 Å². The Hall–Kier alpha value is -1.29. The molecule has 0 unspecified atom stereocenters. The highest BCUT2D eigenvalue weighted by molar-refractivity contribution is 5.38. The van der Waals surface area contributed by atoms with Crippen molar-refractivity contribution >= 4 is 0 Å². The molecule has 0 amide bonds. The number of rotatable bonds is 1. The quantitative estimate of drug-likeness (QED) is 0.595. The van der Waals surface area contributed by atoms with Crippen LogP contribution in [0, 0.1) is 23.6 Å². The van der Waals surface area contributed by atoms with Crippen LogP contribution in [0.5, 0.6) is 0 Å². The molecule has 0 N–H and O–H groups in total. The maximum atomic E-state index is 13.1. The lowest BCUT2D eigenvalue weighted by Crippen LogP contribution is -1.89. The van der Waals surface area contributed by atoms with E-state index in [-0.39, 0.29) is 5.82 Å². The molecule has 0 aliphatic rings. The predicted octanol–water partition coefficient (Wildman–Crippen LogP) is 3.40. The van der Waals surface area contributed by atoms with Crippen molar-refractivity contribution in [3.8, 4) is 11.8 Å². The molecule has 0 spiro atoms. The molecule has 1 rings (SSSR count). The summed E-state index contributed by atoms with van der Waals surface area (Å²) in [5.41, 5.74) is 1.64. The van der Waals surface area contributed by atoms with Gasteiger partial charge in [0.25, 0.3) is 0 Å². The summed E-state index contributed by atoms with van der Waals surface area (Å²) in [6.45, 7) is 6.02. The second-order valence-electron chi connectivity index (χ2n) is 3.58. The summed E-state index contributed by atoms with van der Waals surface area (Å²) in [5.74, 6) is 6.30. The Balaban J connectivity index is 2.97. The van der Waals surface area contributed by atoms with Gasteiger partial charge in [-0.2, -0.15) is 0 Å². The molecule has 14 heavy (non-hydrogen) atoms. The summed E-state index contributed by atoms with van der Waals surface area (Å²) < 4.78 is 13.1. The lowest BCUT2D eigenvalue weighted by Gasteiger charge is -1.99. The van der Waals surface area contributed by atoms with Crippen molar-refractivity contribution in [1.29, 1.82) is 0 Å². The molecule has 0 aliphatic heterocycles. The van der Waals surface area contributed by atoms with Crippen LogP contribution in [0.2, 0.25) is 0 Å². The number of aryl methyl sites for hydroxylation is 1. The van der Waals surface area contributed by atoms with E-state index in [9.17, 15) is 4.39 Å². The van der Waals surface area contributed by atoms with Gasteiger partial charge in [-0.3, -0.25) is 0 Å². The summed E-state index contributed by atoms with van der Waals surface area (Å²) in [4.78, 5) is 0. The van der Waals surface area contributed by atoms with E-state index in [4.69, 9.17) is 0 Å². The van der Waals surface area contributed by atoms with Crippen LogP contribution in [-0.4, -0.2) is 0 Å². The minimum absolute atomic E-state index is 0.136. The normalized spacial score (nSPS) is 9.79. The molecule has 0 radical (unpaired) electrons. The van der Waals surface area contributed by atoms with Gasteiger partial charge in [-0.1, -0.05) is 32.6 Å². The van der Waals surface area contributed by atoms with E-state index >= 15 is 0 Å². The summed E-state index contributed by atoms with van der Waals surface area (Å²) in [5, 5.41) is 0. The average Bonchev–Trinajstić information content (AvgIpc) is 2.16. The van der Waals surface area contributed by atoms with Gasteiger partial charge in [-0.25, -0.2) is 4.39 Å². The number of benzene rings is 1. The third-order valence-electron chi connectivity index (χ3n) is 1.93. The molecule has 1 heteroatoms. The largest absolute Gasteiger partial charge is 0.207 e. The zero-order valence-electron chi connectivity index (χ0n) is 8.89. The second-order valence-corrected chi connectivity index (χ2v) is 3.58. The molecule has 74 valence electrons. The molecule has 0 nitrogen and oxygen atoms in total. The van der Waals surface area contributed by atoms with Gasteiger partial charge in [0, 0.05) is 11.5 Å². The SMILES string of the molecule is CCc1cc(C#CC(C)C)ccc1F. The van der Waals surface area contributed by atoms with Crippen molar-refractivity contribution < 1.29 is 4.39 Å². The van der Waals surface area contributed by atoms with Crippen LogP contribution in [0.4, 0.5) is 4.39 Å². The molecule has 0 atom stereocenters. The minimum Gasteiger partial charge on any atom is -0.207 e. The first-order valence-corrected chi connectivity index (χ1v) is 4.93. The highest BCUT2D eigenvalue weighted by Crippen LogP contribution is 2.10. The van der Waals surface area contributed by atoms with Gasteiger partial charge in [0.15, 0.2) is 0 Å². The summed E-state index contributed by atoms with van der Waals surface area (Å²) in [7, 11) is 0. The first-order chi connectivity index (χ1) is 6.63. The van der Waals surface area contributed by atoms with E-state index < -0.39 is 0 Å². The van der Waals surface area contributed by atoms with Gasteiger partial charge in [0.2, 0.25) is 0 Å². The Morgan fingerprint density at radius 1 is 1.36 bits per heavy atom. The molecule has 0 saturated heterocycles. The molecule has 0 bridgehead atoms. The van der Waals surface area contributed by atoms with E-state index in [0.29, 0.717) is 12.3 Å². The van der Waals surface area contributed by atoms with Crippen molar-refractivity contribution in [2.75, 3.05) is 0 Å². The van der Waals surface area contributed by atoms with Crippen molar-refractivity contribution in [3.63, 3.8) is 0 Å². The maximum absolute atomic E-state index is 13.1. The Morgan fingerprint density at radius 3 is 2.64 bits per heavy atom. The molecule has 0 aromatic heterocycles. The summed E-state index contributed by atoms with van der Waals surface area (Å²) >= 11 is 0. The van der Waals surface area contributed by atoms with Crippen LogP contribution in [0.1, 0.15) is 31.9 Å². The van der Waals surface area contributed by atoms with E-state index in [1.54, 1.807) is 6.07 Å². The van der Waals surface area contributed by atoms with Crippen LogP contribution in [0.15, 0.2) is 18.2 Å². The molecular weight excluding hydrogens is 175 g/mol. The second kappa shape index (κ2) is 4.81. The van der Waals surface area contributed by atoms with E-state index in [2.05, 4.69) is 11.8 Å². The van der Waals surface area contributed by atoms with Gasteiger partial charge in [-0.05, 0) is 30.2 Å². The third-order valence-corrected chi connectivity index (χ3v) is 1.93. The van der Waals surface area contributed by atoms with Crippen molar-refractivity contribution in [1.82, 2.24) is 0 Å². The fraction of sp³-hybridized carbons (Fsp3) is 0.385. The fourth-order valence-electron chi connectivity index (χ4n) is 1.15. The number of hydrogen-bond acceptors (Lipinski definition) is 0. The fourth-order valence-corrected chi connectivity index (χ4v) is 1.15. The molecule has 1 aromatic rings. The van der Waals surface area contributed by atoms with Crippen LogP contribution in [0.25, 0.3) is 0 Å². The van der Waals surface area contributed by atoms with Gasteiger partial charge in [0.1, 0.15) is 5.82 Å². The lowest BCUT2D eigenvalue weighted by atomic mass is 10.1. The minimum atomic E-state index is -0.136. The number of halogens is 1. The Kier molecular flexibility index (Phi) is 3.71. The monoisotopic (exact) mass is 190 g/mol. The zero-order valence-corrected chi connectivity index (χ0v) is 8.89. The molecule has 0 fully saturated rings. The molecular formula is C13H15F.